The van der Waals surface area contributed by atoms with E-state index in [2.05, 4.69) is 41.1 Å². The average molecular weight is 296 g/mol. The first kappa shape index (κ1) is 13.9. The fourth-order valence-corrected chi connectivity index (χ4v) is 4.47. The fraction of sp³-hybridized carbons (Fsp3) is 0.526. The molecule has 0 unspecified atom stereocenters. The zero-order chi connectivity index (χ0) is 15.2. The Morgan fingerprint density at radius 1 is 1.18 bits per heavy atom. The normalized spacial score (nSPS) is 25.5. The summed E-state index contributed by atoms with van der Waals surface area (Å²) in [5.74, 6) is 0.413. The van der Waals surface area contributed by atoms with Gasteiger partial charge in [0.05, 0.1) is 0 Å². The lowest BCUT2D eigenvalue weighted by Gasteiger charge is -2.41. The third kappa shape index (κ3) is 1.98. The van der Waals surface area contributed by atoms with E-state index in [1.54, 1.807) is 0 Å². The third-order valence-corrected chi connectivity index (χ3v) is 5.89. The summed E-state index contributed by atoms with van der Waals surface area (Å²) >= 11 is 0. The lowest BCUT2D eigenvalue weighted by atomic mass is 9.73. The minimum absolute atomic E-state index is 0.114. The van der Waals surface area contributed by atoms with Crippen molar-refractivity contribution >= 4 is 16.8 Å². The standard InChI is InChI=1S/C19H24N2O/c1-2-19-10-5-12-21(18(19)22)13-9-15-14-6-3-4-7-16(14)20-17(15)8-11-19/h3-4,6-7,20H,2,5,8-13H2,1H3/t19-/m1/s1. The molecule has 4 rings (SSSR count). The molecule has 0 aliphatic carbocycles. The molecule has 2 aliphatic heterocycles. The molecule has 2 aromatic rings. The molecule has 0 saturated carbocycles. The highest BCUT2D eigenvalue weighted by atomic mass is 16.2. The smallest absolute Gasteiger partial charge is 0.228 e. The number of nitrogens with one attached hydrogen (secondary N) is 1. The Morgan fingerprint density at radius 2 is 2.05 bits per heavy atom. The Hall–Kier alpha value is -1.77. The maximum Gasteiger partial charge on any atom is 0.228 e. The van der Waals surface area contributed by atoms with Crippen LogP contribution in [-0.2, 0) is 17.6 Å². The lowest BCUT2D eigenvalue weighted by molar-refractivity contribution is -0.147. The van der Waals surface area contributed by atoms with Gasteiger partial charge in [-0.15, -0.1) is 0 Å². The van der Waals surface area contributed by atoms with Crippen molar-refractivity contribution in [2.75, 3.05) is 13.1 Å². The summed E-state index contributed by atoms with van der Waals surface area (Å²) in [4.78, 5) is 18.7. The van der Waals surface area contributed by atoms with E-state index in [1.807, 2.05) is 0 Å². The Balaban J connectivity index is 1.78. The molecule has 3 heterocycles. The average Bonchev–Trinajstić information content (AvgIpc) is 2.90. The molecule has 22 heavy (non-hydrogen) atoms. The SMILES string of the molecule is CC[C@@]12CCCN(CCc3c([nH]c4ccccc34)CC1)C2=O. The first-order valence-corrected chi connectivity index (χ1v) is 8.61. The molecule has 1 amide bonds. The zero-order valence-electron chi connectivity index (χ0n) is 13.3. The molecule has 1 aromatic carbocycles. The van der Waals surface area contributed by atoms with Crippen molar-refractivity contribution in [2.45, 2.75) is 45.4 Å². The predicted octanol–water partition coefficient (Wildman–Crippen LogP) is 3.68. The van der Waals surface area contributed by atoms with Crippen molar-refractivity contribution in [1.29, 1.82) is 0 Å². The topological polar surface area (TPSA) is 36.1 Å². The first-order valence-electron chi connectivity index (χ1n) is 8.61. The number of piperidine rings is 1. The van der Waals surface area contributed by atoms with E-state index < -0.39 is 0 Å². The number of aryl methyl sites for hydroxylation is 1. The van der Waals surface area contributed by atoms with Gasteiger partial charge in [-0.25, -0.2) is 0 Å². The number of amides is 1. The summed E-state index contributed by atoms with van der Waals surface area (Å²) in [6.45, 7) is 4.00. The quantitative estimate of drug-likeness (QED) is 0.856. The van der Waals surface area contributed by atoms with Crippen LogP contribution in [0.3, 0.4) is 0 Å². The Labute approximate surface area is 131 Å². The zero-order valence-corrected chi connectivity index (χ0v) is 13.3. The van der Waals surface area contributed by atoms with Crippen LogP contribution in [0.25, 0.3) is 10.9 Å². The minimum atomic E-state index is -0.114. The molecule has 0 radical (unpaired) electrons. The third-order valence-electron chi connectivity index (χ3n) is 5.89. The summed E-state index contributed by atoms with van der Waals surface area (Å²) < 4.78 is 0. The number of hydrogen-bond acceptors (Lipinski definition) is 1. The van der Waals surface area contributed by atoms with Gasteiger partial charge in [0.2, 0.25) is 5.91 Å². The first-order chi connectivity index (χ1) is 10.7. The molecule has 1 atom stereocenters. The summed E-state index contributed by atoms with van der Waals surface area (Å²) in [5, 5.41) is 1.34. The summed E-state index contributed by atoms with van der Waals surface area (Å²) in [7, 11) is 0. The van der Waals surface area contributed by atoms with Gasteiger partial charge in [0.15, 0.2) is 0 Å². The van der Waals surface area contributed by atoms with Gasteiger partial charge in [-0.1, -0.05) is 25.1 Å². The van der Waals surface area contributed by atoms with Gasteiger partial charge in [-0.2, -0.15) is 0 Å². The van der Waals surface area contributed by atoms with E-state index in [1.165, 1.54) is 22.2 Å². The number of hydrogen-bond donors (Lipinski definition) is 1. The van der Waals surface area contributed by atoms with Crippen molar-refractivity contribution in [3.8, 4) is 0 Å². The van der Waals surface area contributed by atoms with E-state index in [4.69, 9.17) is 0 Å². The van der Waals surface area contributed by atoms with Crippen molar-refractivity contribution < 1.29 is 4.79 Å². The van der Waals surface area contributed by atoms with Crippen LogP contribution >= 0.6 is 0 Å². The molecule has 0 spiro atoms. The maximum absolute atomic E-state index is 12.9. The highest BCUT2D eigenvalue weighted by Crippen LogP contribution is 2.40. The van der Waals surface area contributed by atoms with Gasteiger partial charge in [0.1, 0.15) is 0 Å². The van der Waals surface area contributed by atoms with E-state index in [0.717, 1.165) is 51.6 Å². The highest BCUT2D eigenvalue weighted by Gasteiger charge is 2.42. The minimum Gasteiger partial charge on any atom is -0.358 e. The molecule has 116 valence electrons. The number of carbonyl (C=O) groups is 1. The van der Waals surface area contributed by atoms with Crippen LogP contribution in [0.4, 0.5) is 0 Å². The van der Waals surface area contributed by atoms with Crippen LogP contribution in [0.5, 0.6) is 0 Å². The molecule has 1 aromatic heterocycles. The predicted molar refractivity (Wildman–Crippen MR) is 88.9 cm³/mol. The van der Waals surface area contributed by atoms with Crippen LogP contribution in [0.1, 0.15) is 43.9 Å². The molecule has 1 fully saturated rings. The lowest BCUT2D eigenvalue weighted by Crippen LogP contribution is -2.49. The molecule has 1 N–H and O–H groups in total. The van der Waals surface area contributed by atoms with E-state index in [-0.39, 0.29) is 5.41 Å². The second-order valence-electron chi connectivity index (χ2n) is 6.91. The number of rotatable bonds is 1. The van der Waals surface area contributed by atoms with Gasteiger partial charge in [0, 0.05) is 35.1 Å². The van der Waals surface area contributed by atoms with Crippen molar-refractivity contribution in [3.05, 3.63) is 35.5 Å². The second kappa shape index (κ2) is 5.15. The number of aromatic amines is 1. The molecule has 3 nitrogen and oxygen atoms in total. The highest BCUT2D eigenvalue weighted by molar-refractivity contribution is 5.86. The van der Waals surface area contributed by atoms with Crippen LogP contribution in [-0.4, -0.2) is 28.9 Å². The van der Waals surface area contributed by atoms with Gasteiger partial charge < -0.3 is 9.88 Å². The number of para-hydroxylation sites is 1. The van der Waals surface area contributed by atoms with Crippen LogP contribution in [0.2, 0.25) is 0 Å². The molecular weight excluding hydrogens is 272 g/mol. The van der Waals surface area contributed by atoms with Crippen LogP contribution in [0, 0.1) is 5.41 Å². The molecule has 1 saturated heterocycles. The van der Waals surface area contributed by atoms with Gasteiger partial charge in [0.25, 0.3) is 0 Å². The van der Waals surface area contributed by atoms with E-state index in [9.17, 15) is 4.79 Å². The maximum atomic E-state index is 12.9. The van der Waals surface area contributed by atoms with E-state index >= 15 is 0 Å². The summed E-state index contributed by atoms with van der Waals surface area (Å²) in [6.07, 6.45) is 6.15. The monoisotopic (exact) mass is 296 g/mol. The number of benzene rings is 1. The number of fused-ring (bicyclic) bond motifs is 5. The van der Waals surface area contributed by atoms with Crippen LogP contribution < -0.4 is 0 Å². The number of aromatic nitrogens is 1. The molecular formula is C19H24N2O. The second-order valence-corrected chi connectivity index (χ2v) is 6.91. The Bertz CT molecular complexity index is 717. The number of nitrogens with zero attached hydrogens (tertiary/aromatic N) is 1. The number of carbonyl (C=O) groups excluding carboxylic acids is 1. The van der Waals surface area contributed by atoms with E-state index in [0.29, 0.717) is 5.91 Å². The molecule has 2 bridgehead atoms. The Morgan fingerprint density at radius 3 is 2.91 bits per heavy atom. The van der Waals surface area contributed by atoms with Crippen molar-refractivity contribution in [3.63, 3.8) is 0 Å². The molecule has 2 aliphatic rings. The van der Waals surface area contributed by atoms with Crippen molar-refractivity contribution in [1.82, 2.24) is 9.88 Å². The van der Waals surface area contributed by atoms with Crippen LogP contribution in [0.15, 0.2) is 24.3 Å². The summed E-state index contributed by atoms with van der Waals surface area (Å²) in [5.41, 5.74) is 3.92. The molecule has 3 heteroatoms. The Kier molecular flexibility index (Phi) is 3.24. The van der Waals surface area contributed by atoms with Gasteiger partial charge in [-0.3, -0.25) is 4.79 Å². The largest absolute Gasteiger partial charge is 0.358 e. The number of H-pyrrole nitrogens is 1. The van der Waals surface area contributed by atoms with Gasteiger partial charge >= 0.3 is 0 Å². The van der Waals surface area contributed by atoms with Crippen molar-refractivity contribution in [2.24, 2.45) is 5.41 Å². The van der Waals surface area contributed by atoms with Gasteiger partial charge in [-0.05, 0) is 50.2 Å². The fourth-order valence-electron chi connectivity index (χ4n) is 4.47. The summed E-state index contributed by atoms with van der Waals surface area (Å²) in [6, 6.07) is 8.57.